The van der Waals surface area contributed by atoms with Gasteiger partial charge in [-0.1, -0.05) is 36.4 Å². The Morgan fingerprint density at radius 2 is 1.88 bits per heavy atom. The Kier molecular flexibility index (Phi) is 4.37. The molecule has 0 fully saturated rings. The van der Waals surface area contributed by atoms with Gasteiger partial charge in [-0.2, -0.15) is 0 Å². The van der Waals surface area contributed by atoms with Gasteiger partial charge in [-0.15, -0.1) is 5.10 Å². The molecule has 1 aromatic heterocycles. The van der Waals surface area contributed by atoms with Crippen LogP contribution in [0.5, 0.6) is 0 Å². The number of benzene rings is 2. The summed E-state index contributed by atoms with van der Waals surface area (Å²) in [5, 5.41) is 10.6. The van der Waals surface area contributed by atoms with E-state index in [0.29, 0.717) is 11.4 Å². The van der Waals surface area contributed by atoms with Crippen LogP contribution in [0.25, 0.3) is 5.69 Å². The maximum atomic E-state index is 13.9. The van der Waals surface area contributed by atoms with Gasteiger partial charge >= 0.3 is 0 Å². The second-order valence-electron chi connectivity index (χ2n) is 5.39. The number of nitrogens with one attached hydrogen (secondary N) is 1. The number of aromatic nitrogens is 3. The van der Waals surface area contributed by atoms with Gasteiger partial charge < -0.3 is 5.32 Å². The molecule has 122 valence electrons. The van der Waals surface area contributed by atoms with Crippen LogP contribution < -0.4 is 5.32 Å². The fourth-order valence-corrected chi connectivity index (χ4v) is 2.41. The molecule has 0 atom stereocenters. The molecule has 5 nitrogen and oxygen atoms in total. The molecule has 1 heterocycles. The minimum atomic E-state index is -0.424. The zero-order valence-electron chi connectivity index (χ0n) is 13.5. The molecule has 0 bridgehead atoms. The molecule has 0 aliphatic rings. The van der Waals surface area contributed by atoms with Crippen LogP contribution >= 0.6 is 0 Å². The Hall–Kier alpha value is -3.02. The molecular weight excluding hydrogens is 307 g/mol. The lowest BCUT2D eigenvalue weighted by atomic mass is 10.1. The zero-order chi connectivity index (χ0) is 17.1. The number of para-hydroxylation sites is 1. The molecular formula is C18H17FN4O. The summed E-state index contributed by atoms with van der Waals surface area (Å²) in [7, 11) is 0. The topological polar surface area (TPSA) is 59.8 Å². The average molecular weight is 324 g/mol. The van der Waals surface area contributed by atoms with E-state index in [1.165, 1.54) is 16.3 Å². The third-order valence-corrected chi connectivity index (χ3v) is 3.81. The second kappa shape index (κ2) is 6.62. The minimum absolute atomic E-state index is 0.165. The summed E-state index contributed by atoms with van der Waals surface area (Å²) in [6, 6.07) is 13.8. The van der Waals surface area contributed by atoms with Crippen molar-refractivity contribution in [3.05, 3.63) is 71.3 Å². The Labute approximate surface area is 139 Å². The molecule has 1 amide bonds. The van der Waals surface area contributed by atoms with Gasteiger partial charge in [0, 0.05) is 5.69 Å². The summed E-state index contributed by atoms with van der Waals surface area (Å²) >= 11 is 0. The first kappa shape index (κ1) is 15.9. The van der Waals surface area contributed by atoms with Gasteiger partial charge in [-0.05, 0) is 43.2 Å². The van der Waals surface area contributed by atoms with Gasteiger partial charge in [-0.3, -0.25) is 4.79 Å². The summed E-state index contributed by atoms with van der Waals surface area (Å²) in [5.74, 6) is -0.799. The van der Waals surface area contributed by atoms with E-state index >= 15 is 0 Å². The number of aryl methyl sites for hydroxylation is 1. The molecule has 0 spiro atoms. The molecule has 6 heteroatoms. The van der Waals surface area contributed by atoms with E-state index in [9.17, 15) is 9.18 Å². The minimum Gasteiger partial charge on any atom is -0.321 e. The molecule has 0 aliphatic heterocycles. The summed E-state index contributed by atoms with van der Waals surface area (Å²) in [4.78, 5) is 12.4. The van der Waals surface area contributed by atoms with Crippen molar-refractivity contribution in [1.82, 2.24) is 15.0 Å². The Bertz CT molecular complexity index is 871. The SMILES string of the molecule is CCc1ccc(NC(=O)c2nnn(-c3ccccc3F)c2C)cc1. The molecule has 1 N–H and O–H groups in total. The van der Waals surface area contributed by atoms with Gasteiger partial charge in [0.2, 0.25) is 0 Å². The predicted octanol–water partition coefficient (Wildman–Crippen LogP) is 3.53. The van der Waals surface area contributed by atoms with E-state index in [2.05, 4.69) is 22.6 Å². The van der Waals surface area contributed by atoms with E-state index < -0.39 is 5.82 Å². The molecule has 0 aliphatic carbocycles. The molecule has 0 saturated heterocycles. The summed E-state index contributed by atoms with van der Waals surface area (Å²) in [6.45, 7) is 3.75. The lowest BCUT2D eigenvalue weighted by Gasteiger charge is -2.06. The first-order valence-electron chi connectivity index (χ1n) is 7.67. The number of nitrogens with zero attached hydrogens (tertiary/aromatic N) is 3. The molecule has 3 aromatic rings. The number of carbonyl (C=O) groups excluding carboxylic acids is 1. The highest BCUT2D eigenvalue weighted by Crippen LogP contribution is 2.17. The third-order valence-electron chi connectivity index (χ3n) is 3.81. The highest BCUT2D eigenvalue weighted by atomic mass is 19.1. The van der Waals surface area contributed by atoms with Crippen molar-refractivity contribution in [3.8, 4) is 5.69 Å². The molecule has 0 radical (unpaired) electrons. The van der Waals surface area contributed by atoms with Crippen molar-refractivity contribution in [3.63, 3.8) is 0 Å². The lowest BCUT2D eigenvalue weighted by Crippen LogP contribution is -2.14. The van der Waals surface area contributed by atoms with Crippen molar-refractivity contribution >= 4 is 11.6 Å². The first-order chi connectivity index (χ1) is 11.6. The summed E-state index contributed by atoms with van der Waals surface area (Å²) < 4.78 is 15.2. The van der Waals surface area contributed by atoms with Crippen LogP contribution in [0.15, 0.2) is 48.5 Å². The third kappa shape index (κ3) is 3.03. The maximum Gasteiger partial charge on any atom is 0.278 e. The van der Waals surface area contributed by atoms with Crippen LogP contribution in [-0.4, -0.2) is 20.9 Å². The quantitative estimate of drug-likeness (QED) is 0.798. The summed E-state index contributed by atoms with van der Waals surface area (Å²) in [5.41, 5.74) is 2.76. The standard InChI is InChI=1S/C18H17FN4O/c1-3-13-8-10-14(11-9-13)20-18(24)17-12(2)23(22-21-17)16-7-5-4-6-15(16)19/h4-11H,3H2,1-2H3,(H,20,24). The molecule has 2 aromatic carbocycles. The zero-order valence-corrected chi connectivity index (χ0v) is 13.5. The van der Waals surface area contributed by atoms with Crippen molar-refractivity contribution in [2.45, 2.75) is 20.3 Å². The molecule has 0 saturated carbocycles. The first-order valence-corrected chi connectivity index (χ1v) is 7.67. The largest absolute Gasteiger partial charge is 0.321 e. The van der Waals surface area contributed by atoms with Crippen molar-refractivity contribution < 1.29 is 9.18 Å². The molecule has 3 rings (SSSR count). The fraction of sp³-hybridized carbons (Fsp3) is 0.167. The average Bonchev–Trinajstić information content (AvgIpc) is 2.97. The van der Waals surface area contributed by atoms with Gasteiger partial charge in [0.05, 0.1) is 5.69 Å². The number of anilines is 1. The number of amides is 1. The van der Waals surface area contributed by atoms with E-state index in [4.69, 9.17) is 0 Å². The van der Waals surface area contributed by atoms with Crippen molar-refractivity contribution in [2.24, 2.45) is 0 Å². The van der Waals surface area contributed by atoms with E-state index in [-0.39, 0.29) is 17.3 Å². The van der Waals surface area contributed by atoms with Gasteiger partial charge in [0.1, 0.15) is 11.5 Å². The number of rotatable bonds is 4. The number of carbonyl (C=O) groups is 1. The van der Waals surface area contributed by atoms with E-state index in [1.807, 2.05) is 24.3 Å². The fourth-order valence-electron chi connectivity index (χ4n) is 2.41. The smallest absolute Gasteiger partial charge is 0.278 e. The van der Waals surface area contributed by atoms with Crippen molar-refractivity contribution in [2.75, 3.05) is 5.32 Å². The van der Waals surface area contributed by atoms with E-state index in [1.54, 1.807) is 25.1 Å². The van der Waals surface area contributed by atoms with Crippen LogP contribution in [-0.2, 0) is 6.42 Å². The Morgan fingerprint density at radius 1 is 1.17 bits per heavy atom. The van der Waals surface area contributed by atoms with Crippen LogP contribution in [0.1, 0.15) is 28.7 Å². The normalized spacial score (nSPS) is 10.6. The predicted molar refractivity (Wildman–Crippen MR) is 89.8 cm³/mol. The van der Waals surface area contributed by atoms with Gasteiger partial charge in [0.25, 0.3) is 5.91 Å². The van der Waals surface area contributed by atoms with Crippen molar-refractivity contribution in [1.29, 1.82) is 0 Å². The van der Waals surface area contributed by atoms with E-state index in [0.717, 1.165) is 6.42 Å². The number of halogens is 1. The maximum absolute atomic E-state index is 13.9. The van der Waals surface area contributed by atoms with Crippen LogP contribution in [0.3, 0.4) is 0 Å². The monoisotopic (exact) mass is 324 g/mol. The van der Waals surface area contributed by atoms with Gasteiger partial charge in [0.15, 0.2) is 5.69 Å². The molecule has 0 unspecified atom stereocenters. The van der Waals surface area contributed by atoms with Crippen LogP contribution in [0, 0.1) is 12.7 Å². The molecule has 24 heavy (non-hydrogen) atoms. The highest BCUT2D eigenvalue weighted by molar-refractivity contribution is 6.03. The lowest BCUT2D eigenvalue weighted by molar-refractivity contribution is 0.102. The van der Waals surface area contributed by atoms with Crippen LogP contribution in [0.4, 0.5) is 10.1 Å². The van der Waals surface area contributed by atoms with Crippen LogP contribution in [0.2, 0.25) is 0 Å². The summed E-state index contributed by atoms with van der Waals surface area (Å²) in [6.07, 6.45) is 0.935. The number of hydrogen-bond acceptors (Lipinski definition) is 3. The second-order valence-corrected chi connectivity index (χ2v) is 5.39. The van der Waals surface area contributed by atoms with Gasteiger partial charge in [-0.25, -0.2) is 9.07 Å². The number of hydrogen-bond donors (Lipinski definition) is 1. The highest BCUT2D eigenvalue weighted by Gasteiger charge is 2.18. The Balaban J connectivity index is 1.85. The Morgan fingerprint density at radius 3 is 2.54 bits per heavy atom.